The summed E-state index contributed by atoms with van der Waals surface area (Å²) in [6, 6.07) is 20.6. The summed E-state index contributed by atoms with van der Waals surface area (Å²) in [7, 11) is 6.27. The van der Waals surface area contributed by atoms with E-state index in [0.717, 1.165) is 57.7 Å². The third-order valence-corrected chi connectivity index (χ3v) is 8.01. The van der Waals surface area contributed by atoms with Crippen LogP contribution < -0.4 is 10.1 Å². The largest absolute Gasteiger partial charge is 0.508 e. The lowest BCUT2D eigenvalue weighted by Gasteiger charge is -2.44. The lowest BCUT2D eigenvalue weighted by molar-refractivity contribution is 0.126. The molecule has 188 valence electrons. The molecule has 1 aliphatic rings. The molecule has 35 heavy (non-hydrogen) atoms. The van der Waals surface area contributed by atoms with Gasteiger partial charge in [0.15, 0.2) is 0 Å². The van der Waals surface area contributed by atoms with Crippen molar-refractivity contribution in [1.29, 1.82) is 0 Å². The van der Waals surface area contributed by atoms with E-state index in [2.05, 4.69) is 77.1 Å². The maximum Gasteiger partial charge on any atom is 0.134 e. The Balaban J connectivity index is 1.46. The van der Waals surface area contributed by atoms with Gasteiger partial charge in [-0.1, -0.05) is 36.4 Å². The number of ether oxygens (including phenoxy) is 1. The third kappa shape index (κ3) is 6.64. The van der Waals surface area contributed by atoms with Gasteiger partial charge in [0.1, 0.15) is 17.6 Å². The fourth-order valence-electron chi connectivity index (χ4n) is 5.27. The lowest BCUT2D eigenvalue weighted by atomic mass is 9.72. The molecule has 1 atom stereocenters. The van der Waals surface area contributed by atoms with Gasteiger partial charge in [0.25, 0.3) is 0 Å². The van der Waals surface area contributed by atoms with Crippen molar-refractivity contribution in [2.24, 2.45) is 0 Å². The first-order valence-corrected chi connectivity index (χ1v) is 13.5. The zero-order chi connectivity index (χ0) is 24.7. The summed E-state index contributed by atoms with van der Waals surface area (Å²) in [5, 5.41) is 15.5. The Hall–Kier alpha value is -2.38. The van der Waals surface area contributed by atoms with Gasteiger partial charge >= 0.3 is 0 Å². The van der Waals surface area contributed by atoms with Crippen molar-refractivity contribution < 1.29 is 9.84 Å². The second-order valence-electron chi connectivity index (χ2n) is 9.97. The van der Waals surface area contributed by atoms with Crippen LogP contribution in [0.15, 0.2) is 66.0 Å². The normalized spacial score (nSPS) is 16.9. The van der Waals surface area contributed by atoms with E-state index in [-0.39, 0.29) is 11.5 Å². The molecule has 4 rings (SSSR count). The highest BCUT2D eigenvalue weighted by atomic mass is 32.1. The molecule has 2 N–H and O–H groups in total. The van der Waals surface area contributed by atoms with Gasteiger partial charge in [-0.25, -0.2) is 0 Å². The van der Waals surface area contributed by atoms with Crippen molar-refractivity contribution >= 4 is 11.3 Å². The second-order valence-corrected chi connectivity index (χ2v) is 10.9. The Kier molecular flexibility index (Phi) is 8.84. The second kappa shape index (κ2) is 12.0. The zero-order valence-electron chi connectivity index (χ0n) is 21.2. The molecule has 1 unspecified atom stereocenters. The number of likely N-dealkylation sites (tertiary alicyclic amines) is 1. The summed E-state index contributed by atoms with van der Waals surface area (Å²) < 4.78 is 6.62. The lowest BCUT2D eigenvalue weighted by Crippen LogP contribution is -2.47. The van der Waals surface area contributed by atoms with E-state index in [9.17, 15) is 5.11 Å². The molecule has 0 spiro atoms. The Morgan fingerprint density at radius 3 is 2.57 bits per heavy atom. The maximum absolute atomic E-state index is 10.1. The van der Waals surface area contributed by atoms with Crippen LogP contribution in [0.5, 0.6) is 11.5 Å². The van der Waals surface area contributed by atoms with Crippen molar-refractivity contribution in [3.63, 3.8) is 0 Å². The van der Waals surface area contributed by atoms with Gasteiger partial charge in [-0.15, -0.1) is 11.3 Å². The monoisotopic (exact) mass is 493 g/mol. The summed E-state index contributed by atoms with van der Waals surface area (Å²) in [5.41, 5.74) is 2.56. The molecular weight excluding hydrogens is 454 g/mol. The first-order valence-electron chi connectivity index (χ1n) is 12.6. The van der Waals surface area contributed by atoms with E-state index in [1.165, 1.54) is 16.0 Å². The van der Waals surface area contributed by atoms with Crippen LogP contribution in [0.3, 0.4) is 0 Å². The first kappa shape index (κ1) is 25.7. The third-order valence-electron chi connectivity index (χ3n) is 7.04. The van der Waals surface area contributed by atoms with Gasteiger partial charge in [0.2, 0.25) is 0 Å². The van der Waals surface area contributed by atoms with E-state index >= 15 is 0 Å². The van der Waals surface area contributed by atoms with Crippen LogP contribution in [0.25, 0.3) is 0 Å². The molecule has 1 aliphatic heterocycles. The Morgan fingerprint density at radius 1 is 1.09 bits per heavy atom. The molecule has 6 heteroatoms. The molecule has 0 radical (unpaired) electrons. The molecule has 1 fully saturated rings. The van der Waals surface area contributed by atoms with Crippen LogP contribution in [-0.2, 0) is 12.0 Å². The molecule has 0 aliphatic carbocycles. The quantitative estimate of drug-likeness (QED) is 0.381. The minimum Gasteiger partial charge on any atom is -0.508 e. The Bertz CT molecular complexity index is 1050. The number of piperidine rings is 1. The summed E-state index contributed by atoms with van der Waals surface area (Å²) in [5.74, 6) is 1.34. The number of rotatable bonds is 11. The number of hydrogen-bond donors (Lipinski definition) is 2. The predicted molar refractivity (Wildman–Crippen MR) is 146 cm³/mol. The number of nitrogens with zero attached hydrogens (tertiary/aromatic N) is 2. The van der Waals surface area contributed by atoms with Crippen LogP contribution in [0, 0.1) is 0 Å². The predicted octanol–water partition coefficient (Wildman–Crippen LogP) is 5.28. The molecule has 0 bridgehead atoms. The van der Waals surface area contributed by atoms with E-state index in [0.29, 0.717) is 5.75 Å². The molecule has 5 nitrogen and oxygen atoms in total. The first-order chi connectivity index (χ1) is 17.0. The number of phenols is 1. The number of nitrogens with one attached hydrogen (secondary N) is 1. The SMILES string of the molecule is CNCCC(Oc1ccccc1CN1CCC(CN(C)C)(c2cccc(O)c2)CC1)c1cccs1. The van der Waals surface area contributed by atoms with Crippen LogP contribution >= 0.6 is 11.3 Å². The Morgan fingerprint density at radius 2 is 1.89 bits per heavy atom. The molecule has 1 saturated heterocycles. The summed E-state index contributed by atoms with van der Waals surface area (Å²) in [6.45, 7) is 4.83. The number of likely N-dealkylation sites (N-methyl/N-ethyl adjacent to an activating group) is 1. The van der Waals surface area contributed by atoms with Crippen molar-refractivity contribution in [3.8, 4) is 11.5 Å². The van der Waals surface area contributed by atoms with E-state index in [4.69, 9.17) is 4.74 Å². The van der Waals surface area contributed by atoms with Crippen molar-refractivity contribution in [2.75, 3.05) is 47.3 Å². The van der Waals surface area contributed by atoms with E-state index in [1.807, 2.05) is 19.2 Å². The highest BCUT2D eigenvalue weighted by molar-refractivity contribution is 7.10. The van der Waals surface area contributed by atoms with Crippen molar-refractivity contribution in [2.45, 2.75) is 37.3 Å². The van der Waals surface area contributed by atoms with Gasteiger partial charge in [-0.05, 0) is 88.8 Å². The molecular formula is C29H39N3O2S. The average molecular weight is 494 g/mol. The van der Waals surface area contributed by atoms with Gasteiger partial charge in [-0.3, -0.25) is 4.90 Å². The minimum atomic E-state index is 0.0588. The van der Waals surface area contributed by atoms with Gasteiger partial charge < -0.3 is 20.1 Å². The van der Waals surface area contributed by atoms with E-state index < -0.39 is 0 Å². The van der Waals surface area contributed by atoms with Gasteiger partial charge in [0, 0.05) is 35.4 Å². The highest BCUT2D eigenvalue weighted by Gasteiger charge is 2.37. The average Bonchev–Trinajstić information content (AvgIpc) is 3.39. The van der Waals surface area contributed by atoms with Crippen molar-refractivity contribution in [3.05, 3.63) is 82.0 Å². The smallest absolute Gasteiger partial charge is 0.134 e. The van der Waals surface area contributed by atoms with Gasteiger partial charge in [0.05, 0.1) is 0 Å². The standard InChI is InChI=1S/C29H39N3O2S/c1-30-16-13-27(28-12-7-19-35-28)34-26-11-5-4-8-23(26)21-32-17-14-29(15-18-32,22-31(2)3)24-9-6-10-25(33)20-24/h4-12,19-20,27,30,33H,13-18,21-22H2,1-3H3. The number of benzene rings is 2. The molecule has 2 aromatic carbocycles. The minimum absolute atomic E-state index is 0.0588. The number of aromatic hydroxyl groups is 1. The summed E-state index contributed by atoms with van der Waals surface area (Å²) in [6.07, 6.45) is 3.13. The Labute approximate surface area is 214 Å². The molecule has 0 saturated carbocycles. The van der Waals surface area contributed by atoms with Crippen LogP contribution in [0.2, 0.25) is 0 Å². The van der Waals surface area contributed by atoms with Crippen LogP contribution in [0.1, 0.15) is 41.4 Å². The van der Waals surface area contributed by atoms with E-state index in [1.54, 1.807) is 17.4 Å². The fourth-order valence-corrected chi connectivity index (χ4v) is 6.06. The summed E-state index contributed by atoms with van der Waals surface area (Å²) in [4.78, 5) is 6.10. The molecule has 1 aromatic heterocycles. The number of para-hydroxylation sites is 1. The summed E-state index contributed by atoms with van der Waals surface area (Å²) >= 11 is 1.76. The number of phenolic OH excluding ortho intramolecular Hbond substituents is 1. The zero-order valence-corrected chi connectivity index (χ0v) is 22.1. The van der Waals surface area contributed by atoms with Crippen LogP contribution in [0.4, 0.5) is 0 Å². The number of thiophene rings is 1. The van der Waals surface area contributed by atoms with Crippen molar-refractivity contribution in [1.82, 2.24) is 15.1 Å². The van der Waals surface area contributed by atoms with Crippen LogP contribution in [-0.4, -0.2) is 62.2 Å². The maximum atomic E-state index is 10.1. The fraction of sp³-hybridized carbons (Fsp3) is 0.448. The van der Waals surface area contributed by atoms with Gasteiger partial charge in [-0.2, -0.15) is 0 Å². The number of hydrogen-bond acceptors (Lipinski definition) is 6. The highest BCUT2D eigenvalue weighted by Crippen LogP contribution is 2.38. The molecule has 2 heterocycles. The topological polar surface area (TPSA) is 48.0 Å². The molecule has 0 amide bonds. The molecule has 3 aromatic rings.